The van der Waals surface area contributed by atoms with Gasteiger partial charge in [0.1, 0.15) is 5.82 Å². The van der Waals surface area contributed by atoms with E-state index in [1.54, 1.807) is 6.92 Å². The average molecular weight is 254 g/mol. The van der Waals surface area contributed by atoms with Gasteiger partial charge in [-0.3, -0.25) is 0 Å². The maximum absolute atomic E-state index is 11.9. The molecule has 0 aliphatic heterocycles. The molecule has 0 aliphatic carbocycles. The largest absolute Gasteiger partial charge is 0.389 e. The van der Waals surface area contributed by atoms with E-state index in [4.69, 9.17) is 11.6 Å². The molecular formula is C9H11ClF3N3. The maximum Gasteiger partial charge on any atom is 0.389 e. The van der Waals surface area contributed by atoms with E-state index in [2.05, 4.69) is 15.3 Å². The van der Waals surface area contributed by atoms with Crippen molar-refractivity contribution in [3.05, 3.63) is 17.0 Å². The van der Waals surface area contributed by atoms with Gasteiger partial charge in [0, 0.05) is 24.7 Å². The summed E-state index contributed by atoms with van der Waals surface area (Å²) in [4.78, 5) is 7.61. The minimum absolute atomic E-state index is 0.00453. The lowest BCUT2D eigenvalue weighted by molar-refractivity contribution is -0.134. The monoisotopic (exact) mass is 253 g/mol. The SMILES string of the molecule is Cc1cnc(Cl)nc1NCCCC(F)(F)F. The van der Waals surface area contributed by atoms with Crippen LogP contribution < -0.4 is 5.32 Å². The van der Waals surface area contributed by atoms with Gasteiger partial charge in [0.2, 0.25) is 5.28 Å². The molecule has 0 amide bonds. The van der Waals surface area contributed by atoms with Crippen LogP contribution in [-0.2, 0) is 0 Å². The van der Waals surface area contributed by atoms with Crippen LogP contribution in [0.4, 0.5) is 19.0 Å². The Bertz CT molecular complexity index is 354. The number of nitrogens with zero attached hydrogens (tertiary/aromatic N) is 2. The zero-order valence-corrected chi connectivity index (χ0v) is 9.36. The first kappa shape index (κ1) is 13.0. The molecule has 1 aromatic heterocycles. The molecule has 3 nitrogen and oxygen atoms in total. The molecule has 7 heteroatoms. The van der Waals surface area contributed by atoms with Crippen LogP contribution in [0.2, 0.25) is 5.28 Å². The molecule has 1 rings (SSSR count). The number of rotatable bonds is 4. The first-order valence-corrected chi connectivity index (χ1v) is 5.06. The fraction of sp³-hybridized carbons (Fsp3) is 0.556. The lowest BCUT2D eigenvalue weighted by Gasteiger charge is -2.09. The van der Waals surface area contributed by atoms with E-state index in [1.807, 2.05) is 0 Å². The number of aromatic nitrogens is 2. The Morgan fingerprint density at radius 1 is 1.44 bits per heavy atom. The number of halogens is 4. The highest BCUT2D eigenvalue weighted by Crippen LogP contribution is 2.21. The number of hydrogen-bond donors (Lipinski definition) is 1. The highest BCUT2D eigenvalue weighted by atomic mass is 35.5. The van der Waals surface area contributed by atoms with Crippen molar-refractivity contribution < 1.29 is 13.2 Å². The molecule has 0 radical (unpaired) electrons. The molecule has 16 heavy (non-hydrogen) atoms. The third-order valence-electron chi connectivity index (χ3n) is 1.87. The van der Waals surface area contributed by atoms with Crippen LogP contribution >= 0.6 is 11.6 Å². The van der Waals surface area contributed by atoms with Crippen LogP contribution in [0, 0.1) is 6.92 Å². The van der Waals surface area contributed by atoms with Crippen LogP contribution in [-0.4, -0.2) is 22.7 Å². The van der Waals surface area contributed by atoms with Crippen molar-refractivity contribution in [1.82, 2.24) is 9.97 Å². The fourth-order valence-electron chi connectivity index (χ4n) is 1.10. The number of aryl methyl sites for hydroxylation is 1. The van der Waals surface area contributed by atoms with Crippen molar-refractivity contribution >= 4 is 17.4 Å². The first-order valence-electron chi connectivity index (χ1n) is 4.68. The average Bonchev–Trinajstić information content (AvgIpc) is 2.16. The van der Waals surface area contributed by atoms with E-state index in [0.29, 0.717) is 5.82 Å². The molecule has 0 aromatic carbocycles. The van der Waals surface area contributed by atoms with Crippen molar-refractivity contribution in [2.24, 2.45) is 0 Å². The predicted octanol–water partition coefficient (Wildman–Crippen LogP) is 3.19. The minimum Gasteiger partial charge on any atom is -0.370 e. The summed E-state index contributed by atoms with van der Waals surface area (Å²) >= 11 is 5.56. The molecule has 0 saturated heterocycles. The van der Waals surface area contributed by atoms with Crippen LogP contribution in [0.3, 0.4) is 0 Å². The molecule has 90 valence electrons. The number of alkyl halides is 3. The lowest BCUT2D eigenvalue weighted by atomic mass is 10.3. The number of hydrogen-bond acceptors (Lipinski definition) is 3. The summed E-state index contributed by atoms with van der Waals surface area (Å²) in [5.41, 5.74) is 0.747. The second kappa shape index (κ2) is 5.34. The Morgan fingerprint density at radius 3 is 2.75 bits per heavy atom. The van der Waals surface area contributed by atoms with Gasteiger partial charge in [-0.15, -0.1) is 0 Å². The van der Waals surface area contributed by atoms with Crippen molar-refractivity contribution in [2.45, 2.75) is 25.9 Å². The molecule has 0 atom stereocenters. The van der Waals surface area contributed by atoms with Crippen molar-refractivity contribution in [3.8, 4) is 0 Å². The lowest BCUT2D eigenvalue weighted by Crippen LogP contribution is -2.12. The molecule has 0 bridgehead atoms. The van der Waals surface area contributed by atoms with E-state index in [-0.39, 0.29) is 18.2 Å². The summed E-state index contributed by atoms with van der Waals surface area (Å²) < 4.78 is 35.6. The molecule has 1 N–H and O–H groups in total. The highest BCUT2D eigenvalue weighted by Gasteiger charge is 2.25. The predicted molar refractivity (Wildman–Crippen MR) is 55.6 cm³/mol. The summed E-state index contributed by atoms with van der Waals surface area (Å²) in [5, 5.41) is 2.86. The zero-order valence-electron chi connectivity index (χ0n) is 8.60. The summed E-state index contributed by atoms with van der Waals surface area (Å²) in [6, 6.07) is 0. The van der Waals surface area contributed by atoms with E-state index < -0.39 is 12.6 Å². The summed E-state index contributed by atoms with van der Waals surface area (Å²) in [6.45, 7) is 1.95. The second-order valence-electron chi connectivity index (χ2n) is 3.32. The van der Waals surface area contributed by atoms with Crippen molar-refractivity contribution in [1.29, 1.82) is 0 Å². The number of anilines is 1. The second-order valence-corrected chi connectivity index (χ2v) is 3.65. The Kier molecular flexibility index (Phi) is 4.35. The zero-order chi connectivity index (χ0) is 12.2. The van der Waals surface area contributed by atoms with Crippen molar-refractivity contribution in [2.75, 3.05) is 11.9 Å². The maximum atomic E-state index is 11.9. The standard InChI is InChI=1S/C9H11ClF3N3/c1-6-5-15-8(10)16-7(6)14-4-2-3-9(11,12)13/h5H,2-4H2,1H3,(H,14,15,16). The molecule has 1 aromatic rings. The van der Waals surface area contributed by atoms with E-state index in [1.165, 1.54) is 6.20 Å². The molecule has 1 heterocycles. The van der Waals surface area contributed by atoms with Gasteiger partial charge < -0.3 is 5.32 Å². The van der Waals surface area contributed by atoms with Crippen molar-refractivity contribution in [3.63, 3.8) is 0 Å². The normalized spacial score (nSPS) is 11.6. The Labute approximate surface area is 96.0 Å². The smallest absolute Gasteiger partial charge is 0.370 e. The fourth-order valence-corrected chi connectivity index (χ4v) is 1.23. The molecule has 0 saturated carbocycles. The summed E-state index contributed by atoms with van der Waals surface area (Å²) in [6.07, 6.45) is -3.40. The molecular weight excluding hydrogens is 243 g/mol. The highest BCUT2D eigenvalue weighted by molar-refractivity contribution is 6.28. The minimum atomic E-state index is -4.11. The Morgan fingerprint density at radius 2 is 2.12 bits per heavy atom. The van der Waals surface area contributed by atoms with E-state index in [0.717, 1.165) is 5.56 Å². The Balaban J connectivity index is 2.40. The Hall–Kier alpha value is -1.04. The van der Waals surface area contributed by atoms with Gasteiger partial charge in [-0.25, -0.2) is 9.97 Å². The molecule has 0 fully saturated rings. The van der Waals surface area contributed by atoms with Crippen LogP contribution in [0.5, 0.6) is 0 Å². The van der Waals surface area contributed by atoms with Gasteiger partial charge >= 0.3 is 6.18 Å². The van der Waals surface area contributed by atoms with Gasteiger partial charge in [-0.2, -0.15) is 13.2 Å². The third kappa shape index (κ3) is 4.65. The van der Waals surface area contributed by atoms with Gasteiger partial charge in [-0.1, -0.05) is 0 Å². The van der Waals surface area contributed by atoms with Crippen LogP contribution in [0.1, 0.15) is 18.4 Å². The van der Waals surface area contributed by atoms with Gasteiger partial charge in [0.15, 0.2) is 0 Å². The topological polar surface area (TPSA) is 37.8 Å². The quantitative estimate of drug-likeness (QED) is 0.661. The first-order chi connectivity index (χ1) is 7.38. The van der Waals surface area contributed by atoms with E-state index >= 15 is 0 Å². The van der Waals surface area contributed by atoms with Crippen LogP contribution in [0.15, 0.2) is 6.20 Å². The van der Waals surface area contributed by atoms with Gasteiger partial charge in [0.25, 0.3) is 0 Å². The molecule has 0 aliphatic rings. The van der Waals surface area contributed by atoms with Gasteiger partial charge in [0.05, 0.1) is 0 Å². The van der Waals surface area contributed by atoms with Gasteiger partial charge in [-0.05, 0) is 24.9 Å². The third-order valence-corrected chi connectivity index (χ3v) is 2.05. The number of nitrogens with one attached hydrogen (secondary N) is 1. The summed E-state index contributed by atoms with van der Waals surface area (Å²) in [7, 11) is 0. The van der Waals surface area contributed by atoms with Crippen LogP contribution in [0.25, 0.3) is 0 Å². The van der Waals surface area contributed by atoms with E-state index in [9.17, 15) is 13.2 Å². The summed E-state index contributed by atoms with van der Waals surface area (Å²) in [5.74, 6) is 0.474. The molecule has 0 spiro atoms. The molecule has 0 unspecified atom stereocenters.